The van der Waals surface area contributed by atoms with Gasteiger partial charge < -0.3 is 5.32 Å². The largest absolute Gasteiger partial charge is 0.378 e. The van der Waals surface area contributed by atoms with Gasteiger partial charge in [0.05, 0.1) is 16.9 Å². The molecule has 2 rings (SSSR count). The summed E-state index contributed by atoms with van der Waals surface area (Å²) in [7, 11) is 0. The molecule has 0 radical (unpaired) electrons. The molecule has 2 aromatic heterocycles. The molecule has 0 saturated heterocycles. The van der Waals surface area contributed by atoms with Gasteiger partial charge in [-0.05, 0) is 19.9 Å². The predicted octanol–water partition coefficient (Wildman–Crippen LogP) is 3.79. The van der Waals surface area contributed by atoms with Crippen molar-refractivity contribution in [2.45, 2.75) is 26.4 Å². The quantitative estimate of drug-likeness (QED) is 0.901. The van der Waals surface area contributed by atoms with Gasteiger partial charge >= 0.3 is 0 Å². The third-order valence-electron chi connectivity index (χ3n) is 2.22. The number of hydrogen-bond donors (Lipinski definition) is 1. The van der Waals surface area contributed by atoms with Crippen LogP contribution in [0.2, 0.25) is 5.02 Å². The van der Waals surface area contributed by atoms with E-state index in [9.17, 15) is 0 Å². The minimum absolute atomic E-state index is 0.395. The molecule has 86 valence electrons. The van der Waals surface area contributed by atoms with Gasteiger partial charge in [0.1, 0.15) is 0 Å². The van der Waals surface area contributed by atoms with Crippen molar-refractivity contribution < 1.29 is 0 Å². The van der Waals surface area contributed by atoms with Gasteiger partial charge in [0, 0.05) is 29.0 Å². The lowest BCUT2D eigenvalue weighted by atomic mass is 10.4. The molecule has 0 aromatic carbocycles. The smallest absolute Gasteiger partial charge is 0.0729 e. The van der Waals surface area contributed by atoms with Gasteiger partial charge in [0.2, 0.25) is 0 Å². The van der Waals surface area contributed by atoms with E-state index in [4.69, 9.17) is 11.6 Å². The molecule has 1 N–H and O–H groups in total. The molecule has 2 aromatic rings. The first-order chi connectivity index (χ1) is 7.65. The third kappa shape index (κ3) is 2.77. The SMILES string of the molecule is CC(C)n1cc(NCc2cc(Cl)cs2)cn1. The molecule has 16 heavy (non-hydrogen) atoms. The fourth-order valence-corrected chi connectivity index (χ4v) is 2.36. The topological polar surface area (TPSA) is 29.9 Å². The molecule has 0 aliphatic heterocycles. The van der Waals surface area contributed by atoms with Crippen molar-refractivity contribution >= 4 is 28.6 Å². The number of halogens is 1. The Labute approximate surface area is 104 Å². The zero-order valence-corrected chi connectivity index (χ0v) is 10.8. The molecular weight excluding hydrogens is 242 g/mol. The molecule has 0 amide bonds. The average molecular weight is 256 g/mol. The van der Waals surface area contributed by atoms with E-state index in [1.165, 1.54) is 4.88 Å². The molecule has 0 bridgehead atoms. The Bertz CT molecular complexity index is 461. The summed E-state index contributed by atoms with van der Waals surface area (Å²) in [6, 6.07) is 2.37. The second-order valence-electron chi connectivity index (χ2n) is 3.89. The zero-order valence-electron chi connectivity index (χ0n) is 9.27. The normalized spacial score (nSPS) is 11.0. The summed E-state index contributed by atoms with van der Waals surface area (Å²) < 4.78 is 1.93. The van der Waals surface area contributed by atoms with Gasteiger partial charge in [-0.15, -0.1) is 11.3 Å². The van der Waals surface area contributed by atoms with Crippen molar-refractivity contribution in [3.8, 4) is 0 Å². The van der Waals surface area contributed by atoms with Crippen molar-refractivity contribution in [3.05, 3.63) is 33.7 Å². The lowest BCUT2D eigenvalue weighted by Gasteiger charge is -2.03. The molecule has 0 aliphatic rings. The summed E-state index contributed by atoms with van der Waals surface area (Å²) in [6.07, 6.45) is 3.86. The van der Waals surface area contributed by atoms with E-state index in [1.807, 2.05) is 28.5 Å². The highest BCUT2D eigenvalue weighted by Gasteiger charge is 2.02. The number of aromatic nitrogens is 2. The first-order valence-corrected chi connectivity index (χ1v) is 6.42. The standard InChI is InChI=1S/C11H14ClN3S/c1-8(2)15-6-10(4-14-15)13-5-11-3-9(12)7-16-11/h3-4,6-8,13H,5H2,1-2H3. The van der Waals surface area contributed by atoms with E-state index < -0.39 is 0 Å². The van der Waals surface area contributed by atoms with E-state index in [2.05, 4.69) is 24.3 Å². The third-order valence-corrected chi connectivity index (χ3v) is 3.50. The van der Waals surface area contributed by atoms with Crippen LogP contribution in [0.25, 0.3) is 0 Å². The van der Waals surface area contributed by atoms with Crippen LogP contribution >= 0.6 is 22.9 Å². The lowest BCUT2D eigenvalue weighted by Crippen LogP contribution is -2.00. The van der Waals surface area contributed by atoms with Crippen LogP contribution in [0.1, 0.15) is 24.8 Å². The fourth-order valence-electron chi connectivity index (χ4n) is 1.35. The summed E-state index contributed by atoms with van der Waals surface area (Å²) in [5, 5.41) is 10.3. The minimum atomic E-state index is 0.395. The molecule has 5 heteroatoms. The summed E-state index contributed by atoms with van der Waals surface area (Å²) >= 11 is 7.51. The van der Waals surface area contributed by atoms with Crippen LogP contribution in [-0.4, -0.2) is 9.78 Å². The molecule has 0 atom stereocenters. The Morgan fingerprint density at radius 2 is 2.38 bits per heavy atom. The number of nitrogens with one attached hydrogen (secondary N) is 1. The lowest BCUT2D eigenvalue weighted by molar-refractivity contribution is 0.532. The number of hydrogen-bond acceptors (Lipinski definition) is 3. The number of thiophene rings is 1. The van der Waals surface area contributed by atoms with E-state index in [0.29, 0.717) is 6.04 Å². The van der Waals surface area contributed by atoms with Gasteiger partial charge in [-0.1, -0.05) is 11.6 Å². The highest BCUT2D eigenvalue weighted by Crippen LogP contribution is 2.20. The summed E-state index contributed by atoms with van der Waals surface area (Å²) in [4.78, 5) is 1.22. The summed E-state index contributed by atoms with van der Waals surface area (Å²) in [5.41, 5.74) is 1.04. The van der Waals surface area contributed by atoms with Gasteiger partial charge in [-0.3, -0.25) is 4.68 Å². The van der Waals surface area contributed by atoms with Crippen molar-refractivity contribution in [1.29, 1.82) is 0 Å². The average Bonchev–Trinajstić information content (AvgIpc) is 2.83. The summed E-state index contributed by atoms with van der Waals surface area (Å²) in [5.74, 6) is 0. The maximum Gasteiger partial charge on any atom is 0.0729 e. The van der Waals surface area contributed by atoms with E-state index >= 15 is 0 Å². The molecule has 3 nitrogen and oxygen atoms in total. The Hall–Kier alpha value is -1.00. The first-order valence-electron chi connectivity index (χ1n) is 5.16. The van der Waals surface area contributed by atoms with Crippen LogP contribution in [0, 0.1) is 0 Å². The Morgan fingerprint density at radius 3 is 2.94 bits per heavy atom. The number of anilines is 1. The highest BCUT2D eigenvalue weighted by molar-refractivity contribution is 7.10. The van der Waals surface area contributed by atoms with E-state index in [0.717, 1.165) is 17.3 Å². The molecule has 0 unspecified atom stereocenters. The van der Waals surface area contributed by atoms with Crippen molar-refractivity contribution in [1.82, 2.24) is 9.78 Å². The van der Waals surface area contributed by atoms with Crippen LogP contribution in [0.4, 0.5) is 5.69 Å². The number of rotatable bonds is 4. The van der Waals surface area contributed by atoms with Gasteiger partial charge in [0.15, 0.2) is 0 Å². The summed E-state index contributed by atoms with van der Waals surface area (Å²) in [6.45, 7) is 5.01. The molecule has 0 spiro atoms. The van der Waals surface area contributed by atoms with Crippen molar-refractivity contribution in [2.24, 2.45) is 0 Å². The second kappa shape index (κ2) is 4.89. The van der Waals surface area contributed by atoms with Crippen LogP contribution < -0.4 is 5.32 Å². The molecule has 2 heterocycles. The van der Waals surface area contributed by atoms with Gasteiger partial charge in [0.25, 0.3) is 0 Å². The molecular formula is C11H14ClN3S. The maximum absolute atomic E-state index is 5.85. The predicted molar refractivity (Wildman–Crippen MR) is 69.3 cm³/mol. The molecule has 0 fully saturated rings. The Balaban J connectivity index is 1.94. The monoisotopic (exact) mass is 255 g/mol. The van der Waals surface area contributed by atoms with Crippen LogP contribution in [0.3, 0.4) is 0 Å². The van der Waals surface area contributed by atoms with Crippen molar-refractivity contribution in [2.75, 3.05) is 5.32 Å². The Kier molecular flexibility index (Phi) is 3.51. The maximum atomic E-state index is 5.85. The minimum Gasteiger partial charge on any atom is -0.378 e. The van der Waals surface area contributed by atoms with Crippen LogP contribution in [0.15, 0.2) is 23.8 Å². The molecule has 0 saturated carbocycles. The second-order valence-corrected chi connectivity index (χ2v) is 5.32. The first kappa shape index (κ1) is 11.5. The van der Waals surface area contributed by atoms with Gasteiger partial charge in [-0.2, -0.15) is 5.10 Å². The zero-order chi connectivity index (χ0) is 11.5. The van der Waals surface area contributed by atoms with Gasteiger partial charge in [-0.25, -0.2) is 0 Å². The van der Waals surface area contributed by atoms with E-state index in [1.54, 1.807) is 11.3 Å². The number of nitrogens with zero attached hydrogens (tertiary/aromatic N) is 2. The van der Waals surface area contributed by atoms with Crippen LogP contribution in [-0.2, 0) is 6.54 Å². The molecule has 0 aliphatic carbocycles. The fraction of sp³-hybridized carbons (Fsp3) is 0.364. The van der Waals surface area contributed by atoms with Crippen LogP contribution in [0.5, 0.6) is 0 Å². The van der Waals surface area contributed by atoms with Crippen molar-refractivity contribution in [3.63, 3.8) is 0 Å². The highest BCUT2D eigenvalue weighted by atomic mass is 35.5. The van der Waals surface area contributed by atoms with E-state index in [-0.39, 0.29) is 0 Å². The Morgan fingerprint density at radius 1 is 1.56 bits per heavy atom.